The number of rotatable bonds is 10. The SMILES string of the molecule is COCCOc1ccc(C(C)NC(=O)c2ccccc2N(C)C(=O)c2cccs2)cc1OC. The lowest BCUT2D eigenvalue weighted by atomic mass is 10.1. The van der Waals surface area contributed by atoms with Crippen LogP contribution in [0.5, 0.6) is 11.5 Å². The fraction of sp³-hybridized carbons (Fsp3) is 0.280. The van der Waals surface area contributed by atoms with Crippen molar-refractivity contribution in [1.82, 2.24) is 5.32 Å². The smallest absolute Gasteiger partial charge is 0.268 e. The lowest BCUT2D eigenvalue weighted by molar-refractivity contribution is 0.0940. The third kappa shape index (κ3) is 5.91. The van der Waals surface area contributed by atoms with E-state index >= 15 is 0 Å². The van der Waals surface area contributed by atoms with Crippen molar-refractivity contribution in [3.63, 3.8) is 0 Å². The van der Waals surface area contributed by atoms with E-state index in [0.29, 0.717) is 40.8 Å². The molecule has 0 bridgehead atoms. The number of amides is 2. The maximum Gasteiger partial charge on any atom is 0.268 e. The molecule has 33 heavy (non-hydrogen) atoms. The summed E-state index contributed by atoms with van der Waals surface area (Å²) in [6.07, 6.45) is 0. The molecule has 0 spiro atoms. The quantitative estimate of drug-likeness (QED) is 0.442. The molecule has 3 rings (SSSR count). The van der Waals surface area contributed by atoms with Gasteiger partial charge in [0.15, 0.2) is 11.5 Å². The minimum absolute atomic E-state index is 0.160. The van der Waals surface area contributed by atoms with Crippen LogP contribution in [0.25, 0.3) is 0 Å². The Balaban J connectivity index is 1.76. The summed E-state index contributed by atoms with van der Waals surface area (Å²) < 4.78 is 16.1. The largest absolute Gasteiger partial charge is 0.493 e. The minimum atomic E-state index is -0.300. The second kappa shape index (κ2) is 11.5. The van der Waals surface area contributed by atoms with Gasteiger partial charge in [-0.3, -0.25) is 9.59 Å². The molecule has 174 valence electrons. The molecule has 7 nitrogen and oxygen atoms in total. The maximum atomic E-state index is 13.1. The third-order valence-corrected chi connectivity index (χ3v) is 5.98. The molecule has 0 radical (unpaired) electrons. The number of hydrogen-bond acceptors (Lipinski definition) is 6. The summed E-state index contributed by atoms with van der Waals surface area (Å²) in [5, 5.41) is 4.86. The van der Waals surface area contributed by atoms with Crippen molar-refractivity contribution < 1.29 is 23.8 Å². The summed E-state index contributed by atoms with van der Waals surface area (Å²) in [5.41, 5.74) is 1.82. The lowest BCUT2D eigenvalue weighted by Gasteiger charge is -2.21. The molecule has 0 fully saturated rings. The Labute approximate surface area is 197 Å². The normalized spacial score (nSPS) is 11.5. The molecular formula is C25H28N2O5S. The van der Waals surface area contributed by atoms with Crippen LogP contribution >= 0.6 is 11.3 Å². The van der Waals surface area contributed by atoms with Crippen molar-refractivity contribution in [3.8, 4) is 11.5 Å². The van der Waals surface area contributed by atoms with Crippen LogP contribution in [0, 0.1) is 0 Å². The summed E-state index contributed by atoms with van der Waals surface area (Å²) in [7, 11) is 4.86. The zero-order valence-electron chi connectivity index (χ0n) is 19.2. The lowest BCUT2D eigenvalue weighted by Crippen LogP contribution is -2.31. The van der Waals surface area contributed by atoms with Crippen LogP contribution in [0.1, 0.15) is 38.6 Å². The Morgan fingerprint density at radius 3 is 2.52 bits per heavy atom. The summed E-state index contributed by atoms with van der Waals surface area (Å²) >= 11 is 1.37. The standard InChI is InChI=1S/C25H28N2O5S/c1-17(18-11-12-21(22(16-18)31-4)32-14-13-30-3)26-24(28)19-8-5-6-9-20(19)27(2)25(29)23-10-7-15-33-23/h5-12,15-17H,13-14H2,1-4H3,(H,26,28). The number of anilines is 1. The van der Waals surface area contributed by atoms with Gasteiger partial charge in [0.2, 0.25) is 0 Å². The third-order valence-electron chi connectivity index (χ3n) is 5.13. The molecule has 0 aliphatic rings. The van der Waals surface area contributed by atoms with E-state index in [0.717, 1.165) is 5.56 Å². The van der Waals surface area contributed by atoms with Crippen LogP contribution in [0.2, 0.25) is 0 Å². The first kappa shape index (κ1) is 24.3. The first-order valence-electron chi connectivity index (χ1n) is 10.5. The van der Waals surface area contributed by atoms with Crippen LogP contribution < -0.4 is 19.7 Å². The van der Waals surface area contributed by atoms with Crippen LogP contribution in [-0.2, 0) is 4.74 Å². The molecular weight excluding hydrogens is 440 g/mol. The van der Waals surface area contributed by atoms with Crippen molar-refractivity contribution in [1.29, 1.82) is 0 Å². The Morgan fingerprint density at radius 2 is 1.82 bits per heavy atom. The molecule has 3 aromatic rings. The van der Waals surface area contributed by atoms with Gasteiger partial charge >= 0.3 is 0 Å². The topological polar surface area (TPSA) is 77.1 Å². The van der Waals surface area contributed by atoms with E-state index in [-0.39, 0.29) is 17.9 Å². The zero-order valence-corrected chi connectivity index (χ0v) is 20.0. The van der Waals surface area contributed by atoms with Gasteiger partial charge in [-0.25, -0.2) is 0 Å². The van der Waals surface area contributed by atoms with E-state index < -0.39 is 0 Å². The molecule has 2 amide bonds. The number of ether oxygens (including phenoxy) is 3. The van der Waals surface area contributed by atoms with E-state index in [1.165, 1.54) is 16.2 Å². The van der Waals surface area contributed by atoms with Gasteiger partial charge in [-0.05, 0) is 48.2 Å². The Hall–Kier alpha value is -3.36. The molecule has 0 aliphatic heterocycles. The number of nitrogens with zero attached hydrogens (tertiary/aromatic N) is 1. The predicted octanol–water partition coefficient (Wildman–Crippen LogP) is 4.55. The average molecular weight is 469 g/mol. The molecule has 1 N–H and O–H groups in total. The van der Waals surface area contributed by atoms with E-state index in [1.54, 1.807) is 51.6 Å². The van der Waals surface area contributed by atoms with Gasteiger partial charge in [0, 0.05) is 14.2 Å². The predicted molar refractivity (Wildman–Crippen MR) is 130 cm³/mol. The first-order chi connectivity index (χ1) is 16.0. The number of thiophene rings is 1. The summed E-state index contributed by atoms with van der Waals surface area (Å²) in [6, 6.07) is 15.9. The molecule has 1 heterocycles. The second-order valence-electron chi connectivity index (χ2n) is 7.31. The summed E-state index contributed by atoms with van der Waals surface area (Å²) in [4.78, 5) is 28.0. The molecule has 1 unspecified atom stereocenters. The van der Waals surface area contributed by atoms with Crippen LogP contribution in [-0.4, -0.2) is 46.3 Å². The van der Waals surface area contributed by atoms with Gasteiger partial charge in [-0.1, -0.05) is 24.3 Å². The second-order valence-corrected chi connectivity index (χ2v) is 8.25. The number of carbonyl (C=O) groups excluding carboxylic acids is 2. The van der Waals surface area contributed by atoms with Crippen LogP contribution in [0.4, 0.5) is 5.69 Å². The van der Waals surface area contributed by atoms with Crippen molar-refractivity contribution in [2.45, 2.75) is 13.0 Å². The molecule has 0 saturated heterocycles. The number of nitrogens with one attached hydrogen (secondary N) is 1. The highest BCUT2D eigenvalue weighted by Gasteiger charge is 2.21. The number of carbonyl (C=O) groups is 2. The first-order valence-corrected chi connectivity index (χ1v) is 11.3. The Morgan fingerprint density at radius 1 is 1.03 bits per heavy atom. The van der Waals surface area contributed by atoms with Gasteiger partial charge in [0.05, 0.1) is 35.9 Å². The van der Waals surface area contributed by atoms with E-state index in [2.05, 4.69) is 5.32 Å². The number of methoxy groups -OCH3 is 2. The van der Waals surface area contributed by atoms with E-state index in [1.807, 2.05) is 36.6 Å². The van der Waals surface area contributed by atoms with Crippen molar-refractivity contribution in [2.24, 2.45) is 0 Å². The fourth-order valence-corrected chi connectivity index (χ4v) is 4.00. The number of hydrogen-bond donors (Lipinski definition) is 1. The molecule has 1 aromatic heterocycles. The molecule has 8 heteroatoms. The Bertz CT molecular complexity index is 1080. The van der Waals surface area contributed by atoms with Gasteiger partial charge in [-0.15, -0.1) is 11.3 Å². The number of para-hydroxylation sites is 1. The van der Waals surface area contributed by atoms with Gasteiger partial charge in [0.25, 0.3) is 11.8 Å². The summed E-state index contributed by atoms with van der Waals surface area (Å²) in [6.45, 7) is 2.77. The highest BCUT2D eigenvalue weighted by Crippen LogP contribution is 2.31. The highest BCUT2D eigenvalue weighted by molar-refractivity contribution is 7.12. The maximum absolute atomic E-state index is 13.1. The highest BCUT2D eigenvalue weighted by atomic mass is 32.1. The van der Waals surface area contributed by atoms with Crippen molar-refractivity contribution in [3.05, 3.63) is 76.0 Å². The molecule has 0 aliphatic carbocycles. The van der Waals surface area contributed by atoms with Gasteiger partial charge in [0.1, 0.15) is 6.61 Å². The zero-order chi connectivity index (χ0) is 23.8. The van der Waals surface area contributed by atoms with E-state index in [9.17, 15) is 9.59 Å². The average Bonchev–Trinajstić information content (AvgIpc) is 3.38. The van der Waals surface area contributed by atoms with Crippen LogP contribution in [0.15, 0.2) is 60.0 Å². The van der Waals surface area contributed by atoms with E-state index in [4.69, 9.17) is 14.2 Å². The summed E-state index contributed by atoms with van der Waals surface area (Å²) in [5.74, 6) is 0.748. The van der Waals surface area contributed by atoms with Crippen LogP contribution in [0.3, 0.4) is 0 Å². The van der Waals surface area contributed by atoms with Gasteiger partial charge < -0.3 is 24.4 Å². The van der Waals surface area contributed by atoms with Crippen molar-refractivity contribution in [2.75, 3.05) is 39.4 Å². The fourth-order valence-electron chi connectivity index (χ4n) is 3.30. The van der Waals surface area contributed by atoms with Crippen molar-refractivity contribution >= 4 is 28.8 Å². The van der Waals surface area contributed by atoms with Gasteiger partial charge in [-0.2, -0.15) is 0 Å². The monoisotopic (exact) mass is 468 g/mol. The number of benzene rings is 2. The molecule has 1 atom stereocenters. The minimum Gasteiger partial charge on any atom is -0.493 e. The Kier molecular flexibility index (Phi) is 8.46. The molecule has 2 aromatic carbocycles. The molecule has 0 saturated carbocycles.